The second-order valence-electron chi connectivity index (χ2n) is 3.82. The first-order chi connectivity index (χ1) is 7.05. The number of amides is 1. The van der Waals surface area contributed by atoms with E-state index in [1.165, 1.54) is 0 Å². The highest BCUT2D eigenvalue weighted by molar-refractivity contribution is 8.00. The molecule has 0 aliphatic carbocycles. The molecule has 15 heavy (non-hydrogen) atoms. The van der Waals surface area contributed by atoms with Gasteiger partial charge in [-0.1, -0.05) is 13.8 Å². The minimum atomic E-state index is -0.113. The number of rotatable bonds is 7. The Morgan fingerprint density at radius 3 is 2.27 bits per heavy atom. The highest BCUT2D eigenvalue weighted by Crippen LogP contribution is 2.29. The van der Waals surface area contributed by atoms with Gasteiger partial charge in [-0.25, -0.2) is 0 Å². The van der Waals surface area contributed by atoms with Crippen molar-refractivity contribution >= 4 is 17.7 Å². The number of nitrogens with one attached hydrogen (secondary N) is 2. The number of likely N-dealkylation sites (N-methyl/N-ethyl adjacent to an activating group) is 1. The lowest BCUT2D eigenvalue weighted by atomic mass is 10.0. The lowest BCUT2D eigenvalue weighted by Crippen LogP contribution is -2.46. The molecule has 1 atom stereocenters. The quantitative estimate of drug-likeness (QED) is 0.701. The van der Waals surface area contributed by atoms with Crippen LogP contribution in [0.2, 0.25) is 0 Å². The van der Waals surface area contributed by atoms with Crippen molar-refractivity contribution < 1.29 is 4.79 Å². The molecule has 0 aliphatic rings. The Morgan fingerprint density at radius 2 is 1.93 bits per heavy atom. The van der Waals surface area contributed by atoms with E-state index in [2.05, 4.69) is 30.7 Å². The summed E-state index contributed by atoms with van der Waals surface area (Å²) in [6, 6.07) is -0.113. The Kier molecular flexibility index (Phi) is 7.02. The maximum Gasteiger partial charge on any atom is 0.236 e. The summed E-state index contributed by atoms with van der Waals surface area (Å²) in [6.07, 6.45) is 4.28. The lowest BCUT2D eigenvalue weighted by Gasteiger charge is -2.30. The Morgan fingerprint density at radius 1 is 1.40 bits per heavy atom. The number of thioether (sulfide) groups is 1. The van der Waals surface area contributed by atoms with Gasteiger partial charge in [0.15, 0.2) is 0 Å². The van der Waals surface area contributed by atoms with E-state index in [0.717, 1.165) is 19.4 Å². The predicted octanol–water partition coefficient (Wildman–Crippen LogP) is 1.63. The molecule has 0 spiro atoms. The summed E-state index contributed by atoms with van der Waals surface area (Å²) in [5, 5.41) is 5.94. The zero-order chi connectivity index (χ0) is 11.9. The zero-order valence-corrected chi connectivity index (χ0v) is 11.3. The molecular weight excluding hydrogens is 208 g/mol. The minimum Gasteiger partial charge on any atom is -0.353 e. The van der Waals surface area contributed by atoms with Crippen LogP contribution >= 0.6 is 11.8 Å². The van der Waals surface area contributed by atoms with Gasteiger partial charge in [0, 0.05) is 11.3 Å². The number of carbonyl (C=O) groups excluding carboxylic acids is 1. The third-order valence-electron chi connectivity index (χ3n) is 3.13. The van der Waals surface area contributed by atoms with Gasteiger partial charge in [-0.3, -0.25) is 4.79 Å². The topological polar surface area (TPSA) is 41.1 Å². The van der Waals surface area contributed by atoms with E-state index in [1.54, 1.807) is 7.05 Å². The minimum absolute atomic E-state index is 0.0813. The maximum absolute atomic E-state index is 11.6. The van der Waals surface area contributed by atoms with Gasteiger partial charge < -0.3 is 10.6 Å². The summed E-state index contributed by atoms with van der Waals surface area (Å²) < 4.78 is 0.198. The second-order valence-corrected chi connectivity index (χ2v) is 5.10. The van der Waals surface area contributed by atoms with Crippen LogP contribution in [0.25, 0.3) is 0 Å². The fourth-order valence-corrected chi connectivity index (χ4v) is 2.19. The molecule has 0 radical (unpaired) electrons. The van der Waals surface area contributed by atoms with Gasteiger partial charge in [-0.05, 0) is 33.1 Å². The van der Waals surface area contributed by atoms with Crippen LogP contribution in [0.15, 0.2) is 0 Å². The van der Waals surface area contributed by atoms with Crippen molar-refractivity contribution in [2.45, 2.75) is 44.4 Å². The summed E-state index contributed by atoms with van der Waals surface area (Å²) in [4.78, 5) is 11.6. The van der Waals surface area contributed by atoms with E-state index < -0.39 is 0 Å². The number of hydrogen-bond acceptors (Lipinski definition) is 3. The van der Waals surface area contributed by atoms with Crippen LogP contribution in [0.5, 0.6) is 0 Å². The van der Waals surface area contributed by atoms with E-state index in [1.807, 2.05) is 18.7 Å². The largest absolute Gasteiger partial charge is 0.353 e. The Balaban J connectivity index is 4.16. The molecule has 90 valence electrons. The molecule has 0 aromatic heterocycles. The summed E-state index contributed by atoms with van der Waals surface area (Å²) in [7, 11) is 1.80. The normalized spacial score (nSPS) is 13.7. The van der Waals surface area contributed by atoms with Crippen LogP contribution in [-0.4, -0.2) is 36.5 Å². The Hall–Kier alpha value is -0.220. The second kappa shape index (κ2) is 7.12. The Labute approximate surface area is 97.8 Å². The summed E-state index contributed by atoms with van der Waals surface area (Å²) in [6.45, 7) is 6.97. The maximum atomic E-state index is 11.6. The molecule has 0 saturated heterocycles. The van der Waals surface area contributed by atoms with Gasteiger partial charge in [-0.15, -0.1) is 0 Å². The van der Waals surface area contributed by atoms with Crippen LogP contribution < -0.4 is 10.6 Å². The molecule has 0 bridgehead atoms. The monoisotopic (exact) mass is 232 g/mol. The van der Waals surface area contributed by atoms with E-state index >= 15 is 0 Å². The average molecular weight is 232 g/mol. The fraction of sp³-hybridized carbons (Fsp3) is 0.909. The van der Waals surface area contributed by atoms with E-state index in [0.29, 0.717) is 0 Å². The smallest absolute Gasteiger partial charge is 0.236 e. The van der Waals surface area contributed by atoms with Crippen molar-refractivity contribution in [2.24, 2.45) is 0 Å². The molecule has 3 nitrogen and oxygen atoms in total. The van der Waals surface area contributed by atoms with E-state index in [9.17, 15) is 4.79 Å². The lowest BCUT2D eigenvalue weighted by molar-refractivity contribution is -0.122. The molecule has 0 rings (SSSR count). The van der Waals surface area contributed by atoms with Crippen molar-refractivity contribution in [1.82, 2.24) is 10.6 Å². The van der Waals surface area contributed by atoms with Gasteiger partial charge in [0.25, 0.3) is 0 Å². The SMILES string of the molecule is CCC(CC)(CNC(=O)C(C)NC)SC. The van der Waals surface area contributed by atoms with Crippen molar-refractivity contribution in [1.29, 1.82) is 0 Å². The zero-order valence-electron chi connectivity index (χ0n) is 10.5. The molecule has 0 aliphatic heterocycles. The molecule has 0 saturated carbocycles. The highest BCUT2D eigenvalue weighted by atomic mass is 32.2. The van der Waals surface area contributed by atoms with Crippen LogP contribution in [0, 0.1) is 0 Å². The number of hydrogen-bond donors (Lipinski definition) is 2. The molecule has 1 amide bonds. The third-order valence-corrected chi connectivity index (χ3v) is 4.72. The van der Waals surface area contributed by atoms with Gasteiger partial charge in [0.2, 0.25) is 5.91 Å². The van der Waals surface area contributed by atoms with Crippen LogP contribution in [0.1, 0.15) is 33.6 Å². The van der Waals surface area contributed by atoms with Crippen molar-refractivity contribution in [3.05, 3.63) is 0 Å². The number of carbonyl (C=O) groups is 1. The van der Waals surface area contributed by atoms with Gasteiger partial charge >= 0.3 is 0 Å². The predicted molar refractivity (Wildman–Crippen MR) is 68.4 cm³/mol. The van der Waals surface area contributed by atoms with Gasteiger partial charge in [-0.2, -0.15) is 11.8 Å². The molecule has 1 unspecified atom stereocenters. The van der Waals surface area contributed by atoms with E-state index in [4.69, 9.17) is 0 Å². The molecule has 2 N–H and O–H groups in total. The van der Waals surface area contributed by atoms with Crippen molar-refractivity contribution in [2.75, 3.05) is 19.8 Å². The summed E-state index contributed by atoms with van der Waals surface area (Å²) >= 11 is 1.84. The summed E-state index contributed by atoms with van der Waals surface area (Å²) in [5.41, 5.74) is 0. The molecule has 0 heterocycles. The van der Waals surface area contributed by atoms with Gasteiger partial charge in [0.05, 0.1) is 6.04 Å². The fourth-order valence-electron chi connectivity index (χ4n) is 1.39. The van der Waals surface area contributed by atoms with Crippen molar-refractivity contribution in [3.8, 4) is 0 Å². The Bertz CT molecular complexity index is 185. The average Bonchev–Trinajstić information content (AvgIpc) is 2.30. The van der Waals surface area contributed by atoms with Crippen LogP contribution in [0.4, 0.5) is 0 Å². The molecular formula is C11H24N2OS. The molecule has 4 heteroatoms. The van der Waals surface area contributed by atoms with Crippen LogP contribution in [-0.2, 0) is 4.79 Å². The third kappa shape index (κ3) is 4.43. The van der Waals surface area contributed by atoms with E-state index in [-0.39, 0.29) is 16.7 Å². The standard InChI is InChI=1S/C11H24N2OS/c1-6-11(7-2,15-5)8-13-10(14)9(3)12-4/h9,12H,6-8H2,1-5H3,(H,13,14). The molecule has 0 aromatic rings. The summed E-state index contributed by atoms with van der Waals surface area (Å²) in [5.74, 6) is 0.0813. The molecule has 0 fully saturated rings. The first-order valence-corrected chi connectivity index (χ1v) is 6.77. The van der Waals surface area contributed by atoms with Crippen molar-refractivity contribution in [3.63, 3.8) is 0 Å². The molecule has 0 aromatic carbocycles. The first-order valence-electron chi connectivity index (χ1n) is 5.55. The first kappa shape index (κ1) is 14.8. The van der Waals surface area contributed by atoms with Crippen LogP contribution in [0.3, 0.4) is 0 Å². The highest BCUT2D eigenvalue weighted by Gasteiger charge is 2.25. The van der Waals surface area contributed by atoms with Gasteiger partial charge in [0.1, 0.15) is 0 Å².